The minimum absolute atomic E-state index is 0.00360. The maximum absolute atomic E-state index is 13.0. The molecule has 0 aliphatic carbocycles. The van der Waals surface area contributed by atoms with Crippen molar-refractivity contribution < 1.29 is 9.18 Å². The van der Waals surface area contributed by atoms with Gasteiger partial charge in [0, 0.05) is 19.3 Å². The first-order valence-electron chi connectivity index (χ1n) is 6.98. The molecule has 0 aromatic heterocycles. The van der Waals surface area contributed by atoms with Crippen molar-refractivity contribution in [3.63, 3.8) is 0 Å². The fraction of sp³-hybridized carbons (Fsp3) is 0.235. The third-order valence-corrected chi connectivity index (χ3v) is 3.92. The number of likely N-dealkylation sites (N-methyl/N-ethyl adjacent to an activating group) is 1. The van der Waals surface area contributed by atoms with Gasteiger partial charge in [0.25, 0.3) is 0 Å². The predicted molar refractivity (Wildman–Crippen MR) is 80.6 cm³/mol. The maximum Gasteiger partial charge on any atom is 0.244 e. The monoisotopic (exact) mass is 284 g/mol. The number of anilines is 1. The van der Waals surface area contributed by atoms with E-state index in [1.54, 1.807) is 24.1 Å². The van der Waals surface area contributed by atoms with Gasteiger partial charge < -0.3 is 10.2 Å². The zero-order valence-electron chi connectivity index (χ0n) is 11.8. The Labute approximate surface area is 123 Å². The second-order valence-electron chi connectivity index (χ2n) is 5.28. The van der Waals surface area contributed by atoms with Crippen molar-refractivity contribution in [2.45, 2.75) is 19.0 Å². The summed E-state index contributed by atoms with van der Waals surface area (Å²) in [6.07, 6.45) is 0.681. The quantitative estimate of drug-likeness (QED) is 0.919. The Balaban J connectivity index is 1.75. The molecule has 1 aliphatic heterocycles. The van der Waals surface area contributed by atoms with Gasteiger partial charge in [-0.15, -0.1) is 0 Å². The highest BCUT2D eigenvalue weighted by Crippen LogP contribution is 2.20. The molecule has 0 fully saturated rings. The predicted octanol–water partition coefficient (Wildman–Crippen LogP) is 2.50. The third kappa shape index (κ3) is 2.81. The molecule has 108 valence electrons. The topological polar surface area (TPSA) is 32.3 Å². The van der Waals surface area contributed by atoms with Crippen LogP contribution in [0.4, 0.5) is 10.1 Å². The van der Waals surface area contributed by atoms with Gasteiger partial charge in [0.1, 0.15) is 5.82 Å². The van der Waals surface area contributed by atoms with Crippen LogP contribution in [-0.4, -0.2) is 19.0 Å². The second-order valence-corrected chi connectivity index (χ2v) is 5.28. The number of hydrogen-bond acceptors (Lipinski definition) is 2. The Morgan fingerprint density at radius 3 is 2.52 bits per heavy atom. The molecule has 1 heterocycles. The van der Waals surface area contributed by atoms with E-state index in [9.17, 15) is 9.18 Å². The summed E-state index contributed by atoms with van der Waals surface area (Å²) in [6, 6.07) is 13.9. The van der Waals surface area contributed by atoms with Gasteiger partial charge in [-0.05, 0) is 41.8 Å². The van der Waals surface area contributed by atoms with Crippen LogP contribution >= 0.6 is 0 Å². The van der Waals surface area contributed by atoms with E-state index < -0.39 is 0 Å². The van der Waals surface area contributed by atoms with Crippen LogP contribution in [-0.2, 0) is 17.8 Å². The summed E-state index contributed by atoms with van der Waals surface area (Å²) in [5.74, 6) is -0.305. The first-order chi connectivity index (χ1) is 10.1. The summed E-state index contributed by atoms with van der Waals surface area (Å²) < 4.78 is 13.0. The van der Waals surface area contributed by atoms with E-state index in [-0.39, 0.29) is 17.8 Å². The molecule has 21 heavy (non-hydrogen) atoms. The second kappa shape index (κ2) is 5.66. The van der Waals surface area contributed by atoms with E-state index in [4.69, 9.17) is 0 Å². The molecule has 4 heteroatoms. The summed E-state index contributed by atoms with van der Waals surface area (Å²) in [6.45, 7) is 0.698. The standard InChI is InChI=1S/C17H17FN2O/c1-20(15-8-6-14(18)7-9-15)17(21)16-10-12-4-2-3-5-13(12)11-19-16/h2-9,16,19H,10-11H2,1H3. The van der Waals surface area contributed by atoms with Crippen LogP contribution in [0.5, 0.6) is 0 Å². The number of carbonyl (C=O) groups excluding carboxylic acids is 1. The molecule has 1 atom stereocenters. The Hall–Kier alpha value is -2.20. The minimum Gasteiger partial charge on any atom is -0.314 e. The van der Waals surface area contributed by atoms with Gasteiger partial charge in [0.2, 0.25) is 5.91 Å². The molecule has 0 radical (unpaired) electrons. The highest BCUT2D eigenvalue weighted by Gasteiger charge is 2.26. The van der Waals surface area contributed by atoms with E-state index >= 15 is 0 Å². The van der Waals surface area contributed by atoms with Crippen molar-refractivity contribution in [1.29, 1.82) is 0 Å². The highest BCUT2D eigenvalue weighted by atomic mass is 19.1. The number of benzene rings is 2. The summed E-state index contributed by atoms with van der Waals surface area (Å²) >= 11 is 0. The number of amides is 1. The number of hydrogen-bond donors (Lipinski definition) is 1. The number of carbonyl (C=O) groups is 1. The van der Waals surface area contributed by atoms with Gasteiger partial charge in [-0.3, -0.25) is 4.79 Å². The zero-order valence-corrected chi connectivity index (χ0v) is 11.8. The van der Waals surface area contributed by atoms with Crippen LogP contribution < -0.4 is 10.2 Å². The summed E-state index contributed by atoms with van der Waals surface area (Å²) in [5, 5.41) is 3.27. The average Bonchev–Trinajstić information content (AvgIpc) is 2.54. The fourth-order valence-electron chi connectivity index (χ4n) is 2.65. The lowest BCUT2D eigenvalue weighted by atomic mass is 9.95. The molecule has 2 aromatic carbocycles. The van der Waals surface area contributed by atoms with E-state index in [0.29, 0.717) is 18.7 Å². The van der Waals surface area contributed by atoms with Crippen LogP contribution in [0.25, 0.3) is 0 Å². The normalized spacial score (nSPS) is 17.1. The zero-order chi connectivity index (χ0) is 14.8. The van der Waals surface area contributed by atoms with Crippen LogP contribution in [0.1, 0.15) is 11.1 Å². The smallest absolute Gasteiger partial charge is 0.244 e. The summed E-state index contributed by atoms with van der Waals surface area (Å²) in [4.78, 5) is 14.1. The van der Waals surface area contributed by atoms with Crippen LogP contribution in [0.15, 0.2) is 48.5 Å². The van der Waals surface area contributed by atoms with Crippen molar-refractivity contribution in [2.75, 3.05) is 11.9 Å². The third-order valence-electron chi connectivity index (χ3n) is 3.92. The molecular formula is C17H17FN2O. The molecule has 1 unspecified atom stereocenters. The lowest BCUT2D eigenvalue weighted by molar-refractivity contribution is -0.120. The number of nitrogens with one attached hydrogen (secondary N) is 1. The van der Waals surface area contributed by atoms with Crippen LogP contribution in [0.2, 0.25) is 0 Å². The molecule has 0 saturated heterocycles. The molecule has 3 rings (SSSR count). The molecular weight excluding hydrogens is 267 g/mol. The van der Waals surface area contributed by atoms with Crippen molar-refractivity contribution in [3.8, 4) is 0 Å². The average molecular weight is 284 g/mol. The Kier molecular flexibility index (Phi) is 3.71. The SMILES string of the molecule is CN(C(=O)C1Cc2ccccc2CN1)c1ccc(F)cc1. The number of halogens is 1. The lowest BCUT2D eigenvalue weighted by Gasteiger charge is -2.29. The van der Waals surface area contributed by atoms with Gasteiger partial charge in [-0.25, -0.2) is 4.39 Å². The van der Waals surface area contributed by atoms with Crippen molar-refractivity contribution in [1.82, 2.24) is 5.32 Å². The van der Waals surface area contributed by atoms with Crippen molar-refractivity contribution in [3.05, 3.63) is 65.5 Å². The van der Waals surface area contributed by atoms with E-state index in [1.165, 1.54) is 23.3 Å². The number of fused-ring (bicyclic) bond motifs is 1. The molecule has 1 aliphatic rings. The van der Waals surface area contributed by atoms with Gasteiger partial charge in [0.05, 0.1) is 6.04 Å². The highest BCUT2D eigenvalue weighted by molar-refractivity contribution is 5.97. The van der Waals surface area contributed by atoms with Gasteiger partial charge in [-0.1, -0.05) is 24.3 Å². The fourth-order valence-corrected chi connectivity index (χ4v) is 2.65. The largest absolute Gasteiger partial charge is 0.314 e. The van der Waals surface area contributed by atoms with Crippen LogP contribution in [0, 0.1) is 5.82 Å². The van der Waals surface area contributed by atoms with E-state index in [0.717, 1.165) is 0 Å². The molecule has 0 saturated carbocycles. The van der Waals surface area contributed by atoms with E-state index in [2.05, 4.69) is 17.4 Å². The Morgan fingerprint density at radius 1 is 1.14 bits per heavy atom. The first-order valence-corrected chi connectivity index (χ1v) is 6.98. The minimum atomic E-state index is -0.302. The van der Waals surface area contributed by atoms with Gasteiger partial charge in [0.15, 0.2) is 0 Å². The first kappa shape index (κ1) is 13.8. The number of nitrogens with zero attached hydrogens (tertiary/aromatic N) is 1. The summed E-state index contributed by atoms with van der Waals surface area (Å²) in [5.41, 5.74) is 3.15. The van der Waals surface area contributed by atoms with Gasteiger partial charge in [-0.2, -0.15) is 0 Å². The molecule has 0 bridgehead atoms. The molecule has 3 nitrogen and oxygen atoms in total. The Morgan fingerprint density at radius 2 is 1.81 bits per heavy atom. The molecule has 1 amide bonds. The molecule has 1 N–H and O–H groups in total. The molecule has 2 aromatic rings. The van der Waals surface area contributed by atoms with Crippen molar-refractivity contribution >= 4 is 11.6 Å². The summed E-state index contributed by atoms with van der Waals surface area (Å²) in [7, 11) is 1.72. The van der Waals surface area contributed by atoms with Gasteiger partial charge >= 0.3 is 0 Å². The maximum atomic E-state index is 13.0. The molecule has 0 spiro atoms. The van der Waals surface area contributed by atoms with Crippen LogP contribution in [0.3, 0.4) is 0 Å². The van der Waals surface area contributed by atoms with Crippen molar-refractivity contribution in [2.24, 2.45) is 0 Å². The Bertz CT molecular complexity index is 654. The number of rotatable bonds is 2. The lowest BCUT2D eigenvalue weighted by Crippen LogP contribution is -2.48. The van der Waals surface area contributed by atoms with E-state index in [1.807, 2.05) is 12.1 Å².